The van der Waals surface area contributed by atoms with E-state index in [0.29, 0.717) is 11.8 Å². The number of hydrogen-bond donors (Lipinski definition) is 1. The van der Waals surface area contributed by atoms with Gasteiger partial charge in [-0.25, -0.2) is 0 Å². The van der Waals surface area contributed by atoms with Crippen LogP contribution in [0, 0.1) is 0 Å². The number of rotatable bonds is 2. The maximum absolute atomic E-state index is 6.43. The van der Waals surface area contributed by atoms with Gasteiger partial charge in [0.1, 0.15) is 5.82 Å². The normalized spacial score (nSPS) is 17.9. The van der Waals surface area contributed by atoms with Gasteiger partial charge in [-0.05, 0) is 24.5 Å². The lowest BCUT2D eigenvalue weighted by molar-refractivity contribution is -0.0757. The highest BCUT2D eigenvalue weighted by molar-refractivity contribution is 7.15. The van der Waals surface area contributed by atoms with Crippen LogP contribution in [0.4, 0.5) is 11.8 Å². The van der Waals surface area contributed by atoms with Crippen LogP contribution in [0.15, 0.2) is 30.9 Å². The zero-order valence-corrected chi connectivity index (χ0v) is 18.0. The van der Waals surface area contributed by atoms with Crippen molar-refractivity contribution in [1.29, 1.82) is 0 Å². The molecule has 2 aliphatic rings. The van der Waals surface area contributed by atoms with E-state index in [1.165, 1.54) is 10.4 Å². The Kier molecular flexibility index (Phi) is 4.19. The number of anilines is 2. The molecule has 0 radical (unpaired) electrons. The number of nitrogen functional groups attached to an aromatic ring is 1. The molecule has 0 unspecified atom stereocenters. The van der Waals surface area contributed by atoms with Gasteiger partial charge in [-0.1, -0.05) is 0 Å². The standard InChI is InChI=1S/C21H22N8OS/c1-28-19-13(11-25-28)18(22)26-20(27-19)29-7-3-21(4-8-29)14-10-17(15-12-23-5-6-24-15)31-16(14)2-9-30-21/h5-6,10-12H,2-4,7-9H2,1H3,(H2,22,26,27). The van der Waals surface area contributed by atoms with Crippen molar-refractivity contribution in [2.45, 2.75) is 24.9 Å². The van der Waals surface area contributed by atoms with Gasteiger partial charge in [-0.2, -0.15) is 15.1 Å². The van der Waals surface area contributed by atoms with Gasteiger partial charge in [0.2, 0.25) is 5.95 Å². The van der Waals surface area contributed by atoms with Crippen LogP contribution < -0.4 is 10.6 Å². The molecule has 2 N–H and O–H groups in total. The Morgan fingerprint density at radius 1 is 1.16 bits per heavy atom. The summed E-state index contributed by atoms with van der Waals surface area (Å²) in [4.78, 5) is 22.7. The van der Waals surface area contributed by atoms with Crippen molar-refractivity contribution in [3.63, 3.8) is 0 Å². The highest BCUT2D eigenvalue weighted by Gasteiger charge is 2.42. The van der Waals surface area contributed by atoms with Gasteiger partial charge in [0.25, 0.3) is 0 Å². The fourth-order valence-electron chi connectivity index (χ4n) is 4.62. The minimum absolute atomic E-state index is 0.261. The fourth-order valence-corrected chi connectivity index (χ4v) is 5.82. The first-order valence-corrected chi connectivity index (χ1v) is 11.2. The van der Waals surface area contributed by atoms with E-state index >= 15 is 0 Å². The molecule has 0 amide bonds. The van der Waals surface area contributed by atoms with Crippen molar-refractivity contribution in [3.8, 4) is 10.6 Å². The Morgan fingerprint density at radius 2 is 2.03 bits per heavy atom. The lowest BCUT2D eigenvalue weighted by Crippen LogP contribution is -2.46. The molecule has 6 rings (SSSR count). The summed E-state index contributed by atoms with van der Waals surface area (Å²) < 4.78 is 8.17. The first-order valence-electron chi connectivity index (χ1n) is 10.4. The third-order valence-corrected chi connectivity index (χ3v) is 7.50. The number of aryl methyl sites for hydroxylation is 1. The third kappa shape index (κ3) is 2.97. The van der Waals surface area contributed by atoms with Gasteiger partial charge < -0.3 is 15.4 Å². The average Bonchev–Trinajstić information content (AvgIpc) is 3.40. The van der Waals surface area contributed by atoms with Crippen molar-refractivity contribution in [2.75, 3.05) is 30.3 Å². The highest BCUT2D eigenvalue weighted by atomic mass is 32.1. The highest BCUT2D eigenvalue weighted by Crippen LogP contribution is 2.46. The zero-order valence-electron chi connectivity index (χ0n) is 17.2. The van der Waals surface area contributed by atoms with E-state index in [9.17, 15) is 0 Å². The van der Waals surface area contributed by atoms with E-state index in [4.69, 9.17) is 15.5 Å². The van der Waals surface area contributed by atoms with E-state index in [-0.39, 0.29) is 5.60 Å². The summed E-state index contributed by atoms with van der Waals surface area (Å²) in [6.07, 6.45) is 9.68. The molecule has 2 aliphatic heterocycles. The molecule has 158 valence electrons. The fraction of sp³-hybridized carbons (Fsp3) is 0.381. The molecule has 10 heteroatoms. The van der Waals surface area contributed by atoms with E-state index in [0.717, 1.165) is 60.6 Å². The molecule has 0 bridgehead atoms. The molecule has 9 nitrogen and oxygen atoms in total. The molecule has 6 heterocycles. The topological polar surface area (TPSA) is 108 Å². The smallest absolute Gasteiger partial charge is 0.229 e. The second-order valence-corrected chi connectivity index (χ2v) is 9.17. The molecule has 0 saturated carbocycles. The monoisotopic (exact) mass is 434 g/mol. The van der Waals surface area contributed by atoms with Crippen molar-refractivity contribution in [3.05, 3.63) is 41.3 Å². The third-order valence-electron chi connectivity index (χ3n) is 6.29. The zero-order chi connectivity index (χ0) is 21.0. The van der Waals surface area contributed by atoms with Crippen molar-refractivity contribution >= 4 is 34.1 Å². The minimum atomic E-state index is -0.261. The van der Waals surface area contributed by atoms with Gasteiger partial charge >= 0.3 is 0 Å². The Hall–Kier alpha value is -3.11. The number of aromatic nitrogens is 6. The second kappa shape index (κ2) is 6.96. The predicted octanol–water partition coefficient (Wildman–Crippen LogP) is 2.53. The second-order valence-electron chi connectivity index (χ2n) is 8.03. The van der Waals surface area contributed by atoms with Crippen molar-refractivity contribution in [2.24, 2.45) is 7.05 Å². The quantitative estimate of drug-likeness (QED) is 0.513. The maximum Gasteiger partial charge on any atom is 0.229 e. The van der Waals surface area contributed by atoms with Crippen molar-refractivity contribution in [1.82, 2.24) is 29.7 Å². The van der Waals surface area contributed by atoms with Crippen LogP contribution in [-0.2, 0) is 23.8 Å². The maximum atomic E-state index is 6.43. The van der Waals surface area contributed by atoms with Crippen molar-refractivity contribution < 1.29 is 4.74 Å². The van der Waals surface area contributed by atoms with Gasteiger partial charge in [0.15, 0.2) is 5.65 Å². The minimum Gasteiger partial charge on any atom is -0.383 e. The van der Waals surface area contributed by atoms with Crippen LogP contribution in [0.2, 0.25) is 0 Å². The number of piperidine rings is 1. The van der Waals surface area contributed by atoms with E-state index < -0.39 is 0 Å². The Bertz CT molecular complexity index is 1260. The number of thiophene rings is 1. The van der Waals surface area contributed by atoms with Gasteiger partial charge in [-0.3, -0.25) is 14.6 Å². The molecule has 4 aromatic rings. The number of hydrogen-bond acceptors (Lipinski definition) is 9. The molecule has 0 aromatic carbocycles. The molecule has 0 aliphatic carbocycles. The van der Waals surface area contributed by atoms with Crippen LogP contribution in [-0.4, -0.2) is 49.4 Å². The summed E-state index contributed by atoms with van der Waals surface area (Å²) in [5.74, 6) is 1.13. The Balaban J connectivity index is 1.29. The molecule has 1 saturated heterocycles. The van der Waals surface area contributed by atoms with Crippen LogP contribution in [0.1, 0.15) is 23.3 Å². The summed E-state index contributed by atoms with van der Waals surface area (Å²) in [7, 11) is 1.87. The number of fused-ring (bicyclic) bond motifs is 3. The Labute approximate surface area is 182 Å². The first-order chi connectivity index (χ1) is 15.1. The molecule has 4 aromatic heterocycles. The average molecular weight is 435 g/mol. The summed E-state index contributed by atoms with van der Waals surface area (Å²) in [6.45, 7) is 2.36. The summed E-state index contributed by atoms with van der Waals surface area (Å²) >= 11 is 1.81. The van der Waals surface area contributed by atoms with Crippen LogP contribution in [0.5, 0.6) is 0 Å². The van der Waals surface area contributed by atoms with Crippen LogP contribution >= 0.6 is 11.3 Å². The number of nitrogens with zero attached hydrogens (tertiary/aromatic N) is 7. The first kappa shape index (κ1) is 18.6. The van der Waals surface area contributed by atoms with Crippen LogP contribution in [0.25, 0.3) is 21.6 Å². The van der Waals surface area contributed by atoms with E-state index in [1.54, 1.807) is 23.3 Å². The van der Waals surface area contributed by atoms with Gasteiger partial charge in [-0.15, -0.1) is 11.3 Å². The molecule has 0 atom stereocenters. The molecule has 1 spiro atoms. The van der Waals surface area contributed by atoms with Crippen LogP contribution in [0.3, 0.4) is 0 Å². The Morgan fingerprint density at radius 3 is 2.84 bits per heavy atom. The summed E-state index contributed by atoms with van der Waals surface area (Å²) in [5.41, 5.74) is 8.89. The molecular formula is C21H22N8OS. The van der Waals surface area contributed by atoms with E-state index in [2.05, 4.69) is 31.0 Å². The summed E-state index contributed by atoms with van der Waals surface area (Å²) in [5, 5.41) is 5.04. The van der Waals surface area contributed by atoms with Gasteiger partial charge in [0.05, 0.1) is 40.6 Å². The molecular weight excluding hydrogens is 412 g/mol. The lowest BCUT2D eigenvalue weighted by Gasteiger charge is -2.44. The largest absolute Gasteiger partial charge is 0.383 e. The number of ether oxygens (including phenoxy) is 1. The summed E-state index contributed by atoms with van der Waals surface area (Å²) in [6, 6.07) is 2.26. The van der Waals surface area contributed by atoms with Gasteiger partial charge in [0, 0.05) is 43.8 Å². The number of nitrogens with two attached hydrogens (primary N) is 1. The lowest BCUT2D eigenvalue weighted by atomic mass is 9.82. The SMILES string of the molecule is Cn1ncc2c(N)nc(N3CCC4(CC3)OCCc3sc(-c5cnccn5)cc34)nc21. The van der Waals surface area contributed by atoms with E-state index in [1.807, 2.05) is 24.6 Å². The molecule has 31 heavy (non-hydrogen) atoms. The molecule has 1 fully saturated rings. The predicted molar refractivity (Wildman–Crippen MR) is 119 cm³/mol.